The average Bonchev–Trinajstić information content (AvgIpc) is 2.30. The van der Waals surface area contributed by atoms with Crippen LogP contribution in [0.2, 0.25) is 0 Å². The van der Waals surface area contributed by atoms with Crippen LogP contribution in [0.5, 0.6) is 0 Å². The lowest BCUT2D eigenvalue weighted by Gasteiger charge is -2.34. The predicted molar refractivity (Wildman–Crippen MR) is 71.7 cm³/mol. The van der Waals surface area contributed by atoms with Gasteiger partial charge in [-0.2, -0.15) is 0 Å². The first-order valence-electron chi connectivity index (χ1n) is 6.63. The van der Waals surface area contributed by atoms with Gasteiger partial charge in [-0.1, -0.05) is 0 Å². The maximum absolute atomic E-state index is 13.6. The summed E-state index contributed by atoms with van der Waals surface area (Å²) < 4.78 is 66.6. The molecule has 0 bridgehead atoms. The molecule has 0 aromatic heterocycles. The highest BCUT2D eigenvalue weighted by Crippen LogP contribution is 2.22. The van der Waals surface area contributed by atoms with E-state index < -0.39 is 38.4 Å². The van der Waals surface area contributed by atoms with E-state index in [2.05, 4.69) is 10.0 Å². The van der Waals surface area contributed by atoms with Crippen LogP contribution >= 0.6 is 0 Å². The van der Waals surface area contributed by atoms with Gasteiger partial charge in [0.1, 0.15) is 17.5 Å². The van der Waals surface area contributed by atoms with Crippen molar-refractivity contribution in [2.75, 3.05) is 0 Å². The van der Waals surface area contributed by atoms with Crippen LogP contribution in [0.4, 0.5) is 13.2 Å². The van der Waals surface area contributed by atoms with Crippen molar-refractivity contribution in [2.24, 2.45) is 0 Å². The van der Waals surface area contributed by atoms with Crippen molar-refractivity contribution < 1.29 is 21.6 Å². The number of benzene rings is 1. The maximum Gasteiger partial charge on any atom is 0.246 e. The van der Waals surface area contributed by atoms with Crippen LogP contribution in [0.1, 0.15) is 26.7 Å². The van der Waals surface area contributed by atoms with Gasteiger partial charge in [0.2, 0.25) is 10.0 Å². The minimum absolute atomic E-state index is 0.171. The van der Waals surface area contributed by atoms with E-state index in [1.807, 2.05) is 6.92 Å². The molecule has 1 saturated heterocycles. The highest BCUT2D eigenvalue weighted by Gasteiger charge is 2.32. The summed E-state index contributed by atoms with van der Waals surface area (Å²) in [4.78, 5) is -1.14. The summed E-state index contributed by atoms with van der Waals surface area (Å²) in [5.41, 5.74) is 0. The van der Waals surface area contributed by atoms with Gasteiger partial charge in [-0.25, -0.2) is 26.3 Å². The Morgan fingerprint density at radius 1 is 1.14 bits per heavy atom. The molecule has 0 spiro atoms. The van der Waals surface area contributed by atoms with E-state index in [1.165, 1.54) is 0 Å². The van der Waals surface area contributed by atoms with Gasteiger partial charge in [0.15, 0.2) is 4.90 Å². The van der Waals surface area contributed by atoms with Crippen molar-refractivity contribution in [3.05, 3.63) is 29.6 Å². The Bertz CT molecular complexity index is 613. The fourth-order valence-electron chi connectivity index (χ4n) is 2.53. The summed E-state index contributed by atoms with van der Waals surface area (Å²) in [6, 6.07) is 0.301. The van der Waals surface area contributed by atoms with E-state index >= 15 is 0 Å². The molecule has 8 heteroatoms. The Morgan fingerprint density at radius 2 is 1.71 bits per heavy atom. The zero-order valence-corrected chi connectivity index (χ0v) is 12.5. The summed E-state index contributed by atoms with van der Waals surface area (Å²) in [5, 5.41) is 3.17. The number of halogens is 3. The van der Waals surface area contributed by atoms with Crippen molar-refractivity contribution in [1.82, 2.24) is 10.0 Å². The summed E-state index contributed by atoms with van der Waals surface area (Å²) in [7, 11) is -4.40. The zero-order chi connectivity index (χ0) is 15.8. The molecule has 2 rings (SSSR count). The largest absolute Gasteiger partial charge is 0.310 e. The lowest BCUT2D eigenvalue weighted by Crippen LogP contribution is -2.54. The molecule has 0 saturated carbocycles. The molecule has 1 fully saturated rings. The molecule has 1 aliphatic rings. The molecular weight excluding hydrogens is 305 g/mol. The third-order valence-electron chi connectivity index (χ3n) is 3.60. The Labute approximate surface area is 121 Å². The normalized spacial score (nSPS) is 26.8. The summed E-state index contributed by atoms with van der Waals surface area (Å²) in [5.74, 6) is -4.04. The van der Waals surface area contributed by atoms with Crippen molar-refractivity contribution in [3.63, 3.8) is 0 Å². The van der Waals surface area contributed by atoms with Crippen molar-refractivity contribution in [3.8, 4) is 0 Å². The number of hydrogen-bond donors (Lipinski definition) is 2. The molecule has 1 aliphatic heterocycles. The molecule has 1 aromatic carbocycles. The fraction of sp³-hybridized carbons (Fsp3) is 0.538. The second-order valence-electron chi connectivity index (χ2n) is 5.36. The maximum atomic E-state index is 13.6. The fourth-order valence-corrected chi connectivity index (χ4v) is 4.00. The lowest BCUT2D eigenvalue weighted by atomic mass is 9.96. The van der Waals surface area contributed by atoms with Crippen molar-refractivity contribution in [1.29, 1.82) is 0 Å². The summed E-state index contributed by atoms with van der Waals surface area (Å²) in [6.07, 6.45) is 1.30. The lowest BCUT2D eigenvalue weighted by molar-refractivity contribution is 0.296. The molecule has 0 aliphatic carbocycles. The Morgan fingerprint density at radius 3 is 2.24 bits per heavy atom. The molecule has 0 amide bonds. The van der Waals surface area contributed by atoms with E-state index in [9.17, 15) is 21.6 Å². The van der Waals surface area contributed by atoms with Gasteiger partial charge < -0.3 is 5.32 Å². The van der Waals surface area contributed by atoms with E-state index in [4.69, 9.17) is 0 Å². The van der Waals surface area contributed by atoms with Crippen LogP contribution in [0, 0.1) is 17.5 Å². The van der Waals surface area contributed by atoms with Crippen LogP contribution < -0.4 is 10.0 Å². The summed E-state index contributed by atoms with van der Waals surface area (Å²) >= 11 is 0. The zero-order valence-electron chi connectivity index (χ0n) is 11.7. The number of nitrogens with one attached hydrogen (secondary N) is 2. The Kier molecular flexibility index (Phi) is 4.60. The van der Waals surface area contributed by atoms with Crippen LogP contribution in [-0.2, 0) is 10.0 Å². The minimum atomic E-state index is -4.40. The average molecular weight is 322 g/mol. The van der Waals surface area contributed by atoms with Gasteiger partial charge >= 0.3 is 0 Å². The van der Waals surface area contributed by atoms with E-state index in [1.54, 1.807) is 6.92 Å². The molecule has 0 radical (unpaired) electrons. The smallest absolute Gasteiger partial charge is 0.246 e. The first-order valence-corrected chi connectivity index (χ1v) is 8.12. The topological polar surface area (TPSA) is 58.2 Å². The molecule has 1 heterocycles. The van der Waals surface area contributed by atoms with E-state index in [0.29, 0.717) is 18.6 Å². The second-order valence-corrected chi connectivity index (χ2v) is 7.01. The molecule has 2 N–H and O–H groups in total. The van der Waals surface area contributed by atoms with Crippen LogP contribution in [-0.4, -0.2) is 26.5 Å². The third-order valence-corrected chi connectivity index (χ3v) is 5.14. The minimum Gasteiger partial charge on any atom is -0.310 e. The highest BCUT2D eigenvalue weighted by atomic mass is 32.2. The van der Waals surface area contributed by atoms with Crippen molar-refractivity contribution in [2.45, 2.75) is 49.7 Å². The number of hydrogen-bond acceptors (Lipinski definition) is 3. The molecule has 4 nitrogen and oxygen atoms in total. The van der Waals surface area contributed by atoms with Crippen LogP contribution in [0.25, 0.3) is 0 Å². The first-order chi connectivity index (χ1) is 9.70. The standard InChI is InChI=1S/C13H17F3N2O2S/c1-7-3-4-12(8(2)17-7)18-21(19,20)13-10(15)5-9(14)6-11(13)16/h5-8,12,17-18H,3-4H2,1-2H3. The Hall–Kier alpha value is -1.12. The summed E-state index contributed by atoms with van der Waals surface area (Å²) in [6.45, 7) is 3.76. The van der Waals surface area contributed by atoms with Gasteiger partial charge in [0.05, 0.1) is 0 Å². The van der Waals surface area contributed by atoms with E-state index in [-0.39, 0.29) is 12.1 Å². The predicted octanol–water partition coefficient (Wildman–Crippen LogP) is 1.91. The first kappa shape index (κ1) is 16.3. The number of rotatable bonds is 3. The van der Waals surface area contributed by atoms with Gasteiger partial charge in [0, 0.05) is 30.3 Å². The van der Waals surface area contributed by atoms with Crippen molar-refractivity contribution >= 4 is 10.0 Å². The Balaban J connectivity index is 2.27. The molecular formula is C13H17F3N2O2S. The highest BCUT2D eigenvalue weighted by molar-refractivity contribution is 7.89. The van der Waals surface area contributed by atoms with Gasteiger partial charge in [-0.15, -0.1) is 0 Å². The van der Waals surface area contributed by atoms with E-state index in [0.717, 1.165) is 6.42 Å². The van der Waals surface area contributed by atoms with Gasteiger partial charge in [0.25, 0.3) is 0 Å². The number of sulfonamides is 1. The molecule has 118 valence electrons. The van der Waals surface area contributed by atoms with Gasteiger partial charge in [-0.05, 0) is 26.7 Å². The van der Waals surface area contributed by atoms with Gasteiger partial charge in [-0.3, -0.25) is 0 Å². The molecule has 3 unspecified atom stereocenters. The quantitative estimate of drug-likeness (QED) is 0.894. The molecule has 21 heavy (non-hydrogen) atoms. The van der Waals surface area contributed by atoms with Crippen LogP contribution in [0.15, 0.2) is 17.0 Å². The SMILES string of the molecule is CC1CCC(NS(=O)(=O)c2c(F)cc(F)cc2F)C(C)N1. The molecule has 1 aromatic rings. The van der Waals surface area contributed by atoms with Crippen LogP contribution in [0.3, 0.4) is 0 Å². The number of piperidine rings is 1. The molecule has 3 atom stereocenters. The second kappa shape index (κ2) is 5.94. The third kappa shape index (κ3) is 3.56. The monoisotopic (exact) mass is 322 g/mol.